The van der Waals surface area contributed by atoms with E-state index in [1.165, 1.54) is 12.0 Å². The molecular weight excluding hydrogens is 246 g/mol. The number of nitrogens with one attached hydrogen (secondary N) is 1. The third-order valence-electron chi connectivity index (χ3n) is 3.40. The van der Waals surface area contributed by atoms with E-state index >= 15 is 0 Å². The van der Waals surface area contributed by atoms with Crippen molar-refractivity contribution in [2.45, 2.75) is 58.4 Å². The molecule has 2 nitrogen and oxygen atoms in total. The highest BCUT2D eigenvalue weighted by molar-refractivity contribution is 5.19. The number of rotatable bonds is 9. The van der Waals surface area contributed by atoms with E-state index in [1.807, 2.05) is 0 Å². The van der Waals surface area contributed by atoms with Crippen molar-refractivity contribution in [2.24, 2.45) is 0 Å². The Morgan fingerprint density at radius 2 is 1.80 bits per heavy atom. The van der Waals surface area contributed by atoms with Gasteiger partial charge in [-0.1, -0.05) is 43.7 Å². The quantitative estimate of drug-likeness (QED) is 0.677. The van der Waals surface area contributed by atoms with Crippen LogP contribution >= 0.6 is 0 Å². The van der Waals surface area contributed by atoms with Crippen LogP contribution in [0.1, 0.15) is 58.4 Å². The summed E-state index contributed by atoms with van der Waals surface area (Å²) in [5.74, 6) is 0.525. The SMILES string of the molecule is CCCCOCCC(CNC(C)(C)C)c1ccccc1. The monoisotopic (exact) mass is 277 g/mol. The maximum Gasteiger partial charge on any atom is 0.0472 e. The van der Waals surface area contributed by atoms with Gasteiger partial charge in [-0.15, -0.1) is 0 Å². The Balaban J connectivity index is 2.47. The summed E-state index contributed by atoms with van der Waals surface area (Å²) in [6, 6.07) is 10.8. The molecule has 0 bridgehead atoms. The summed E-state index contributed by atoms with van der Waals surface area (Å²) in [4.78, 5) is 0. The zero-order valence-corrected chi connectivity index (χ0v) is 13.6. The van der Waals surface area contributed by atoms with Crippen molar-refractivity contribution in [3.8, 4) is 0 Å². The molecule has 0 radical (unpaired) electrons. The summed E-state index contributed by atoms with van der Waals surface area (Å²) in [6.45, 7) is 11.6. The fourth-order valence-electron chi connectivity index (χ4n) is 2.12. The van der Waals surface area contributed by atoms with Crippen LogP contribution in [0.2, 0.25) is 0 Å². The summed E-state index contributed by atoms with van der Waals surface area (Å²) in [5, 5.41) is 3.62. The Labute approximate surface area is 124 Å². The largest absolute Gasteiger partial charge is 0.381 e. The summed E-state index contributed by atoms with van der Waals surface area (Å²) in [6.07, 6.45) is 3.45. The first-order valence-corrected chi connectivity index (χ1v) is 7.90. The molecule has 0 amide bonds. The van der Waals surface area contributed by atoms with Crippen LogP contribution in [-0.2, 0) is 4.74 Å². The Bertz CT molecular complexity index is 342. The normalized spacial score (nSPS) is 13.4. The van der Waals surface area contributed by atoms with Crippen molar-refractivity contribution >= 4 is 0 Å². The Kier molecular flexibility index (Phi) is 7.86. The molecule has 0 saturated heterocycles. The van der Waals surface area contributed by atoms with Crippen LogP contribution in [0.5, 0.6) is 0 Å². The average Bonchev–Trinajstić information content (AvgIpc) is 2.42. The van der Waals surface area contributed by atoms with Gasteiger partial charge in [-0.2, -0.15) is 0 Å². The van der Waals surface area contributed by atoms with Crippen molar-refractivity contribution in [1.29, 1.82) is 0 Å². The van der Waals surface area contributed by atoms with Gasteiger partial charge in [0.25, 0.3) is 0 Å². The minimum absolute atomic E-state index is 0.163. The molecular formula is C18H31NO. The van der Waals surface area contributed by atoms with Gasteiger partial charge < -0.3 is 10.1 Å². The lowest BCUT2D eigenvalue weighted by Crippen LogP contribution is -2.38. The predicted octanol–water partition coefficient (Wildman–Crippen LogP) is 4.37. The highest BCUT2D eigenvalue weighted by atomic mass is 16.5. The fourth-order valence-corrected chi connectivity index (χ4v) is 2.12. The van der Waals surface area contributed by atoms with E-state index in [4.69, 9.17) is 4.74 Å². The van der Waals surface area contributed by atoms with Crippen LogP contribution in [0, 0.1) is 0 Å². The van der Waals surface area contributed by atoms with Gasteiger partial charge in [0.15, 0.2) is 0 Å². The molecule has 1 atom stereocenters. The molecule has 0 aromatic heterocycles. The van der Waals surface area contributed by atoms with Crippen molar-refractivity contribution in [3.63, 3.8) is 0 Å². The smallest absolute Gasteiger partial charge is 0.0472 e. The van der Waals surface area contributed by atoms with Gasteiger partial charge in [-0.25, -0.2) is 0 Å². The zero-order chi connectivity index (χ0) is 14.8. The third-order valence-corrected chi connectivity index (χ3v) is 3.40. The van der Waals surface area contributed by atoms with Gasteiger partial charge in [0, 0.05) is 25.3 Å². The number of hydrogen-bond acceptors (Lipinski definition) is 2. The predicted molar refractivity (Wildman–Crippen MR) is 87.3 cm³/mol. The molecule has 20 heavy (non-hydrogen) atoms. The molecule has 0 spiro atoms. The van der Waals surface area contributed by atoms with E-state index in [2.05, 4.69) is 63.3 Å². The van der Waals surface area contributed by atoms with E-state index < -0.39 is 0 Å². The van der Waals surface area contributed by atoms with Crippen molar-refractivity contribution < 1.29 is 4.74 Å². The first kappa shape index (κ1) is 17.2. The van der Waals surface area contributed by atoms with Gasteiger partial charge in [0.05, 0.1) is 0 Å². The summed E-state index contributed by atoms with van der Waals surface area (Å²) < 4.78 is 5.73. The minimum atomic E-state index is 0.163. The summed E-state index contributed by atoms with van der Waals surface area (Å²) in [7, 11) is 0. The number of benzene rings is 1. The molecule has 1 unspecified atom stereocenters. The van der Waals surface area contributed by atoms with E-state index in [0.717, 1.165) is 32.6 Å². The van der Waals surface area contributed by atoms with E-state index in [1.54, 1.807) is 0 Å². The first-order chi connectivity index (χ1) is 9.53. The average molecular weight is 277 g/mol. The van der Waals surface area contributed by atoms with Gasteiger partial charge in [0.1, 0.15) is 0 Å². The van der Waals surface area contributed by atoms with Crippen LogP contribution in [0.25, 0.3) is 0 Å². The van der Waals surface area contributed by atoms with Crippen LogP contribution in [0.3, 0.4) is 0 Å². The standard InChI is InChI=1S/C18H31NO/c1-5-6-13-20-14-12-17(15-19-18(2,3)4)16-10-8-7-9-11-16/h7-11,17,19H,5-6,12-15H2,1-4H3. The Morgan fingerprint density at radius 1 is 1.10 bits per heavy atom. The van der Waals surface area contributed by atoms with Gasteiger partial charge in [-0.05, 0) is 45.1 Å². The Morgan fingerprint density at radius 3 is 2.40 bits per heavy atom. The highest BCUT2D eigenvalue weighted by Crippen LogP contribution is 2.19. The maximum absolute atomic E-state index is 5.73. The van der Waals surface area contributed by atoms with Crippen LogP contribution in [0.15, 0.2) is 30.3 Å². The lowest BCUT2D eigenvalue weighted by atomic mass is 9.95. The second-order valence-electron chi connectivity index (χ2n) is 6.49. The number of ether oxygens (including phenoxy) is 1. The second-order valence-corrected chi connectivity index (χ2v) is 6.49. The molecule has 0 saturated carbocycles. The molecule has 0 aliphatic heterocycles. The lowest BCUT2D eigenvalue weighted by molar-refractivity contribution is 0.123. The van der Waals surface area contributed by atoms with E-state index in [-0.39, 0.29) is 5.54 Å². The third kappa shape index (κ3) is 7.66. The summed E-state index contributed by atoms with van der Waals surface area (Å²) in [5.41, 5.74) is 1.57. The molecule has 1 rings (SSSR count). The molecule has 2 heteroatoms. The van der Waals surface area contributed by atoms with Crippen LogP contribution in [-0.4, -0.2) is 25.3 Å². The van der Waals surface area contributed by atoms with E-state index in [9.17, 15) is 0 Å². The zero-order valence-electron chi connectivity index (χ0n) is 13.6. The minimum Gasteiger partial charge on any atom is -0.381 e. The molecule has 114 valence electrons. The molecule has 1 N–H and O–H groups in total. The van der Waals surface area contributed by atoms with Crippen molar-refractivity contribution in [1.82, 2.24) is 5.32 Å². The fraction of sp³-hybridized carbons (Fsp3) is 0.667. The molecule has 0 fully saturated rings. The first-order valence-electron chi connectivity index (χ1n) is 7.90. The topological polar surface area (TPSA) is 21.3 Å². The molecule has 1 aromatic rings. The Hall–Kier alpha value is -0.860. The number of hydrogen-bond donors (Lipinski definition) is 1. The maximum atomic E-state index is 5.73. The van der Waals surface area contributed by atoms with Crippen LogP contribution in [0.4, 0.5) is 0 Å². The van der Waals surface area contributed by atoms with Crippen LogP contribution < -0.4 is 5.32 Å². The summed E-state index contributed by atoms with van der Waals surface area (Å²) >= 11 is 0. The number of unbranched alkanes of at least 4 members (excludes halogenated alkanes) is 1. The lowest BCUT2D eigenvalue weighted by Gasteiger charge is -2.25. The van der Waals surface area contributed by atoms with Gasteiger partial charge in [-0.3, -0.25) is 0 Å². The van der Waals surface area contributed by atoms with Crippen molar-refractivity contribution in [3.05, 3.63) is 35.9 Å². The van der Waals surface area contributed by atoms with Crippen molar-refractivity contribution in [2.75, 3.05) is 19.8 Å². The second kappa shape index (κ2) is 9.15. The highest BCUT2D eigenvalue weighted by Gasteiger charge is 2.15. The molecule has 1 aromatic carbocycles. The van der Waals surface area contributed by atoms with Gasteiger partial charge in [0.2, 0.25) is 0 Å². The molecule has 0 aliphatic rings. The molecule has 0 heterocycles. The van der Waals surface area contributed by atoms with Gasteiger partial charge >= 0.3 is 0 Å². The van der Waals surface area contributed by atoms with E-state index in [0.29, 0.717) is 5.92 Å². The molecule has 0 aliphatic carbocycles.